The minimum Gasteiger partial charge on any atom is -0.337 e. The molecule has 0 aliphatic rings. The van der Waals surface area contributed by atoms with Crippen molar-refractivity contribution < 1.29 is 17.6 Å². The van der Waals surface area contributed by atoms with Gasteiger partial charge in [-0.2, -0.15) is 0 Å². The number of nitrogens with one attached hydrogen (secondary N) is 1. The van der Waals surface area contributed by atoms with Crippen molar-refractivity contribution in [3.8, 4) is 0 Å². The molecule has 5 nitrogen and oxygen atoms in total. The van der Waals surface area contributed by atoms with Gasteiger partial charge in [0.05, 0.1) is 20.5 Å². The van der Waals surface area contributed by atoms with E-state index in [1.54, 1.807) is 41.0 Å². The Balaban J connectivity index is 1.71. The predicted octanol–water partition coefficient (Wildman–Crippen LogP) is 5.56. The molecule has 4 rings (SSSR count). The van der Waals surface area contributed by atoms with Gasteiger partial charge in [-0.25, -0.2) is 12.8 Å². The maximum absolute atomic E-state index is 13.2. The number of rotatable bonds is 5. The van der Waals surface area contributed by atoms with Crippen molar-refractivity contribution in [2.45, 2.75) is 16.3 Å². The standard InChI is InChI=1S/C22H15Cl2FN2O3S/c23-14-5-10-18(24)19(11-14)26-22(28)13-27-12-21(17-3-1-2-4-20(17)27)31(29,30)16-8-6-15(25)7-9-16/h1-12H,13H2,(H,26,28). The number of carbonyl (C=O) groups is 1. The van der Waals surface area contributed by atoms with Crippen LogP contribution in [0.25, 0.3) is 10.9 Å². The summed E-state index contributed by atoms with van der Waals surface area (Å²) in [4.78, 5) is 12.6. The molecule has 0 unspecified atom stereocenters. The minimum absolute atomic E-state index is 0.0308. The van der Waals surface area contributed by atoms with Gasteiger partial charge in [0.15, 0.2) is 0 Å². The summed E-state index contributed by atoms with van der Waals surface area (Å²) in [6.07, 6.45) is 1.41. The van der Waals surface area contributed by atoms with Crippen molar-refractivity contribution in [2.75, 3.05) is 5.32 Å². The summed E-state index contributed by atoms with van der Waals surface area (Å²) >= 11 is 12.0. The van der Waals surface area contributed by atoms with Crippen LogP contribution >= 0.6 is 23.2 Å². The summed E-state index contributed by atoms with van der Waals surface area (Å²) in [5.74, 6) is -0.937. The first-order valence-corrected chi connectivity index (χ1v) is 11.3. The van der Waals surface area contributed by atoms with Gasteiger partial charge in [-0.1, -0.05) is 41.4 Å². The van der Waals surface area contributed by atoms with Gasteiger partial charge >= 0.3 is 0 Å². The van der Waals surface area contributed by atoms with Gasteiger partial charge in [0.2, 0.25) is 15.7 Å². The Labute approximate surface area is 187 Å². The highest BCUT2D eigenvalue weighted by molar-refractivity contribution is 7.91. The number of halogens is 3. The molecule has 1 heterocycles. The van der Waals surface area contributed by atoms with E-state index >= 15 is 0 Å². The van der Waals surface area contributed by atoms with Crippen LogP contribution < -0.4 is 5.32 Å². The Bertz CT molecular complexity index is 1400. The Hall–Kier alpha value is -2.87. The Morgan fingerprint density at radius 3 is 2.45 bits per heavy atom. The maximum atomic E-state index is 13.2. The number of benzene rings is 3. The smallest absolute Gasteiger partial charge is 0.244 e. The second-order valence-electron chi connectivity index (χ2n) is 6.77. The van der Waals surface area contributed by atoms with Crippen LogP contribution in [0, 0.1) is 5.82 Å². The van der Waals surface area contributed by atoms with Gasteiger partial charge in [-0.3, -0.25) is 4.79 Å². The molecule has 0 saturated heterocycles. The summed E-state index contributed by atoms with van der Waals surface area (Å²) < 4.78 is 41.1. The third-order valence-electron chi connectivity index (χ3n) is 4.68. The van der Waals surface area contributed by atoms with Gasteiger partial charge in [0, 0.05) is 22.1 Å². The molecule has 31 heavy (non-hydrogen) atoms. The lowest BCUT2D eigenvalue weighted by atomic mass is 10.2. The lowest BCUT2D eigenvalue weighted by Gasteiger charge is -2.09. The lowest BCUT2D eigenvalue weighted by molar-refractivity contribution is -0.116. The summed E-state index contributed by atoms with van der Waals surface area (Å²) in [7, 11) is -3.93. The highest BCUT2D eigenvalue weighted by Crippen LogP contribution is 2.31. The summed E-state index contributed by atoms with van der Waals surface area (Å²) in [5, 5.41) is 3.89. The number of carbonyl (C=O) groups excluding carboxylic acids is 1. The largest absolute Gasteiger partial charge is 0.337 e. The van der Waals surface area contributed by atoms with E-state index < -0.39 is 21.6 Å². The maximum Gasteiger partial charge on any atom is 0.244 e. The number of anilines is 1. The first-order valence-electron chi connectivity index (χ1n) is 9.09. The molecule has 4 aromatic rings. The average Bonchev–Trinajstić information content (AvgIpc) is 3.10. The van der Waals surface area contributed by atoms with E-state index in [9.17, 15) is 17.6 Å². The van der Waals surface area contributed by atoms with E-state index in [1.807, 2.05) is 0 Å². The number of sulfone groups is 1. The first-order chi connectivity index (χ1) is 14.8. The lowest BCUT2D eigenvalue weighted by Crippen LogP contribution is -2.18. The van der Waals surface area contributed by atoms with E-state index in [-0.39, 0.29) is 16.3 Å². The molecule has 1 amide bonds. The molecule has 158 valence electrons. The number of fused-ring (bicyclic) bond motifs is 1. The van der Waals surface area contributed by atoms with Crippen molar-refractivity contribution in [1.82, 2.24) is 4.57 Å². The zero-order valence-corrected chi connectivity index (χ0v) is 18.2. The molecule has 9 heteroatoms. The number of aromatic nitrogens is 1. The van der Waals surface area contributed by atoms with Crippen LogP contribution in [-0.2, 0) is 21.2 Å². The van der Waals surface area contributed by atoms with Gasteiger partial charge in [-0.15, -0.1) is 0 Å². The van der Waals surface area contributed by atoms with Crippen molar-refractivity contribution in [3.63, 3.8) is 0 Å². The van der Waals surface area contributed by atoms with Crippen LogP contribution in [0.2, 0.25) is 10.0 Å². The first kappa shape index (κ1) is 21.4. The molecule has 0 spiro atoms. The fraction of sp³-hybridized carbons (Fsp3) is 0.0455. The number of amides is 1. The molecule has 1 N–H and O–H groups in total. The van der Waals surface area contributed by atoms with E-state index in [1.165, 1.54) is 24.4 Å². The van der Waals surface area contributed by atoms with E-state index in [0.29, 0.717) is 26.6 Å². The molecule has 0 atom stereocenters. The Morgan fingerprint density at radius 2 is 1.71 bits per heavy atom. The van der Waals surface area contributed by atoms with Crippen molar-refractivity contribution in [3.05, 3.63) is 88.8 Å². The second kappa shape index (κ2) is 8.34. The zero-order chi connectivity index (χ0) is 22.2. The molecule has 1 aromatic heterocycles. The number of hydrogen-bond donors (Lipinski definition) is 1. The van der Waals surface area contributed by atoms with Gasteiger partial charge in [0.1, 0.15) is 12.4 Å². The molecule has 0 bridgehead atoms. The average molecular weight is 477 g/mol. The molecule has 0 saturated carbocycles. The topological polar surface area (TPSA) is 68.2 Å². The van der Waals surface area contributed by atoms with E-state index in [2.05, 4.69) is 5.32 Å². The van der Waals surface area contributed by atoms with Crippen LogP contribution in [0.4, 0.5) is 10.1 Å². The van der Waals surface area contributed by atoms with Crippen LogP contribution in [0.5, 0.6) is 0 Å². The molecule has 0 aliphatic carbocycles. The van der Waals surface area contributed by atoms with E-state index in [0.717, 1.165) is 12.1 Å². The van der Waals surface area contributed by atoms with Crippen LogP contribution in [0.15, 0.2) is 82.7 Å². The van der Waals surface area contributed by atoms with E-state index in [4.69, 9.17) is 23.2 Å². The van der Waals surface area contributed by atoms with Crippen molar-refractivity contribution in [2.24, 2.45) is 0 Å². The van der Waals surface area contributed by atoms with Crippen molar-refractivity contribution in [1.29, 1.82) is 0 Å². The predicted molar refractivity (Wildman–Crippen MR) is 119 cm³/mol. The molecular weight excluding hydrogens is 462 g/mol. The molecule has 3 aromatic carbocycles. The SMILES string of the molecule is O=C(Cn1cc(S(=O)(=O)c2ccc(F)cc2)c2ccccc21)Nc1cc(Cl)ccc1Cl. The van der Waals surface area contributed by atoms with Gasteiger partial charge in [-0.05, 0) is 48.5 Å². The summed E-state index contributed by atoms with van der Waals surface area (Å²) in [5.41, 5.74) is 0.922. The quantitative estimate of drug-likeness (QED) is 0.383. The van der Waals surface area contributed by atoms with Crippen LogP contribution in [0.3, 0.4) is 0 Å². The van der Waals surface area contributed by atoms with Crippen molar-refractivity contribution >= 4 is 55.5 Å². The third-order valence-corrected chi connectivity index (χ3v) is 7.04. The molecule has 0 radical (unpaired) electrons. The summed E-state index contributed by atoms with van der Waals surface area (Å²) in [6.45, 7) is -0.151. The molecular formula is C22H15Cl2FN2O3S. The monoisotopic (exact) mass is 476 g/mol. The second-order valence-corrected chi connectivity index (χ2v) is 9.53. The molecule has 0 fully saturated rings. The third kappa shape index (κ3) is 4.30. The highest BCUT2D eigenvalue weighted by Gasteiger charge is 2.24. The minimum atomic E-state index is -3.93. The summed E-state index contributed by atoms with van der Waals surface area (Å²) in [6, 6.07) is 16.1. The number of hydrogen-bond acceptors (Lipinski definition) is 3. The van der Waals surface area contributed by atoms with Crippen LogP contribution in [0.1, 0.15) is 0 Å². The normalized spacial score (nSPS) is 11.6. The van der Waals surface area contributed by atoms with Gasteiger partial charge < -0.3 is 9.88 Å². The fourth-order valence-electron chi connectivity index (χ4n) is 3.24. The van der Waals surface area contributed by atoms with Crippen LogP contribution in [-0.4, -0.2) is 18.9 Å². The molecule has 0 aliphatic heterocycles. The van der Waals surface area contributed by atoms with Gasteiger partial charge in [0.25, 0.3) is 0 Å². The Kier molecular flexibility index (Phi) is 5.75. The Morgan fingerprint density at radius 1 is 1.00 bits per heavy atom. The highest BCUT2D eigenvalue weighted by atomic mass is 35.5. The zero-order valence-electron chi connectivity index (χ0n) is 15.8. The fourth-order valence-corrected chi connectivity index (χ4v) is 5.05. The number of para-hydroxylation sites is 1. The number of nitrogens with zero attached hydrogens (tertiary/aromatic N) is 1.